The van der Waals surface area contributed by atoms with Gasteiger partial charge in [0.25, 0.3) is 0 Å². The zero-order chi connectivity index (χ0) is 17.0. The third-order valence-electron chi connectivity index (χ3n) is 6.32. The molecule has 1 aromatic rings. The highest BCUT2D eigenvalue weighted by Crippen LogP contribution is 2.61. The number of hydrogen-bond donors (Lipinski definition) is 1. The first-order chi connectivity index (χ1) is 10.7. The van der Waals surface area contributed by atoms with E-state index in [0.29, 0.717) is 6.42 Å². The molecule has 1 aromatic heterocycles. The molecule has 4 heteroatoms. The van der Waals surface area contributed by atoms with Crippen LogP contribution in [0.1, 0.15) is 69.9 Å². The van der Waals surface area contributed by atoms with E-state index < -0.39 is 17.1 Å². The molecule has 1 heterocycles. The summed E-state index contributed by atoms with van der Waals surface area (Å²) < 4.78 is 11.7. The number of esters is 1. The van der Waals surface area contributed by atoms with E-state index in [0.717, 1.165) is 36.1 Å². The van der Waals surface area contributed by atoms with Crippen LogP contribution >= 0.6 is 0 Å². The van der Waals surface area contributed by atoms with Crippen LogP contribution in [0.5, 0.6) is 0 Å². The molecule has 0 bridgehead atoms. The van der Waals surface area contributed by atoms with Crippen LogP contribution in [0, 0.1) is 24.2 Å². The minimum atomic E-state index is -0.885. The van der Waals surface area contributed by atoms with Gasteiger partial charge in [-0.2, -0.15) is 0 Å². The Bertz CT molecular complexity index is 617. The van der Waals surface area contributed by atoms with Gasteiger partial charge in [0, 0.05) is 17.4 Å². The maximum atomic E-state index is 12.3. The zero-order valence-electron chi connectivity index (χ0n) is 14.8. The lowest BCUT2D eigenvalue weighted by molar-refractivity contribution is -0.214. The maximum Gasteiger partial charge on any atom is 0.309 e. The van der Waals surface area contributed by atoms with Gasteiger partial charge >= 0.3 is 5.97 Å². The van der Waals surface area contributed by atoms with Crippen molar-refractivity contribution in [3.05, 3.63) is 23.2 Å². The molecule has 2 aliphatic rings. The largest absolute Gasteiger partial charge is 0.469 e. The molecule has 128 valence electrons. The predicted octanol–water partition coefficient (Wildman–Crippen LogP) is 3.94. The molecule has 1 saturated carbocycles. The number of aryl methyl sites for hydroxylation is 1. The molecule has 2 aliphatic carbocycles. The number of rotatable bonds is 2. The molecule has 4 atom stereocenters. The summed E-state index contributed by atoms with van der Waals surface area (Å²) in [5.74, 6) is 0.639. The molecule has 0 saturated heterocycles. The van der Waals surface area contributed by atoms with E-state index >= 15 is 0 Å². The molecule has 0 aromatic carbocycles. The summed E-state index contributed by atoms with van der Waals surface area (Å²) in [5, 5.41) is 11.4. The number of furan rings is 1. The average Bonchev–Trinajstić information content (AvgIpc) is 2.82. The second kappa shape index (κ2) is 5.37. The summed E-state index contributed by atoms with van der Waals surface area (Å²) in [6.07, 6.45) is 4.54. The quantitative estimate of drug-likeness (QED) is 0.838. The van der Waals surface area contributed by atoms with Gasteiger partial charge in [0.05, 0.1) is 17.8 Å². The van der Waals surface area contributed by atoms with Gasteiger partial charge in [0.2, 0.25) is 0 Å². The van der Waals surface area contributed by atoms with Gasteiger partial charge in [0.15, 0.2) is 0 Å². The minimum Gasteiger partial charge on any atom is -0.469 e. The molecule has 0 radical (unpaired) electrons. The van der Waals surface area contributed by atoms with Gasteiger partial charge in [-0.25, -0.2) is 0 Å². The fraction of sp³-hybridized carbons (Fsp3) is 0.737. The number of aliphatic hydroxyl groups is 1. The van der Waals surface area contributed by atoms with Crippen molar-refractivity contribution in [2.75, 3.05) is 0 Å². The standard InChI is InChI=1S/C19H28O4/c1-11(2)17(20)23-16-15-12(3)10-22-14(15)9-19(21)8-6-7-13(4)18(16,19)5/h10-11,13,16,21H,6-9H2,1-5H3/t13-,16+,18+,19-/m0/s1. The fourth-order valence-corrected chi connectivity index (χ4v) is 4.51. The van der Waals surface area contributed by atoms with E-state index in [4.69, 9.17) is 9.15 Å². The number of ether oxygens (including phenoxy) is 1. The number of fused-ring (bicyclic) bond motifs is 2. The van der Waals surface area contributed by atoms with Crippen molar-refractivity contribution in [2.24, 2.45) is 17.3 Å². The van der Waals surface area contributed by atoms with Gasteiger partial charge in [-0.1, -0.05) is 34.1 Å². The van der Waals surface area contributed by atoms with Gasteiger partial charge < -0.3 is 14.3 Å². The summed E-state index contributed by atoms with van der Waals surface area (Å²) in [7, 11) is 0. The Morgan fingerprint density at radius 2 is 2.17 bits per heavy atom. The number of hydrogen-bond acceptors (Lipinski definition) is 4. The average molecular weight is 320 g/mol. The van der Waals surface area contributed by atoms with Crippen LogP contribution in [0.15, 0.2) is 10.7 Å². The van der Waals surface area contributed by atoms with Crippen molar-refractivity contribution < 1.29 is 19.1 Å². The molecule has 0 aliphatic heterocycles. The van der Waals surface area contributed by atoms with Crippen LogP contribution in [0.4, 0.5) is 0 Å². The van der Waals surface area contributed by atoms with Gasteiger partial charge in [0.1, 0.15) is 11.9 Å². The second-order valence-corrected chi connectivity index (χ2v) is 8.01. The summed E-state index contributed by atoms with van der Waals surface area (Å²) >= 11 is 0. The fourth-order valence-electron chi connectivity index (χ4n) is 4.51. The third kappa shape index (κ3) is 2.25. The molecule has 1 fully saturated rings. The molecule has 23 heavy (non-hydrogen) atoms. The van der Waals surface area contributed by atoms with Crippen molar-refractivity contribution in [3.63, 3.8) is 0 Å². The molecule has 0 amide bonds. The second-order valence-electron chi connectivity index (χ2n) is 8.01. The van der Waals surface area contributed by atoms with Crippen molar-refractivity contribution >= 4 is 5.97 Å². The van der Waals surface area contributed by atoms with Crippen LogP contribution in [0.2, 0.25) is 0 Å². The van der Waals surface area contributed by atoms with E-state index in [2.05, 4.69) is 13.8 Å². The highest BCUT2D eigenvalue weighted by atomic mass is 16.5. The van der Waals surface area contributed by atoms with E-state index in [1.54, 1.807) is 6.26 Å². The molecule has 3 rings (SSSR count). The predicted molar refractivity (Wildman–Crippen MR) is 86.9 cm³/mol. The topological polar surface area (TPSA) is 59.7 Å². The SMILES string of the molecule is Cc1coc2c1[C@@H](OC(=O)C(C)C)[C@@]1(C)[C@@H](C)CCC[C@]1(O)C2. The highest BCUT2D eigenvalue weighted by molar-refractivity contribution is 5.72. The Balaban J connectivity index is 2.13. The summed E-state index contributed by atoms with van der Waals surface area (Å²) in [6, 6.07) is 0. The van der Waals surface area contributed by atoms with Gasteiger partial charge in [-0.05, 0) is 31.2 Å². The van der Waals surface area contributed by atoms with Gasteiger partial charge in [-0.3, -0.25) is 4.79 Å². The van der Waals surface area contributed by atoms with E-state index in [1.807, 2.05) is 20.8 Å². The monoisotopic (exact) mass is 320 g/mol. The van der Waals surface area contributed by atoms with Crippen molar-refractivity contribution in [3.8, 4) is 0 Å². The van der Waals surface area contributed by atoms with Crippen LogP contribution in [0.3, 0.4) is 0 Å². The first-order valence-corrected chi connectivity index (χ1v) is 8.70. The zero-order valence-corrected chi connectivity index (χ0v) is 14.8. The number of carbonyl (C=O) groups excluding carboxylic acids is 1. The van der Waals surface area contributed by atoms with Crippen LogP contribution in [0.25, 0.3) is 0 Å². The Labute approximate surface area is 138 Å². The van der Waals surface area contributed by atoms with Crippen molar-refractivity contribution in [2.45, 2.75) is 72.0 Å². The lowest BCUT2D eigenvalue weighted by Crippen LogP contribution is -2.60. The van der Waals surface area contributed by atoms with Crippen LogP contribution < -0.4 is 0 Å². The van der Waals surface area contributed by atoms with Crippen molar-refractivity contribution in [1.29, 1.82) is 0 Å². The normalized spacial score (nSPS) is 36.5. The minimum absolute atomic E-state index is 0.192. The third-order valence-corrected chi connectivity index (χ3v) is 6.32. The molecule has 0 spiro atoms. The molecular weight excluding hydrogens is 292 g/mol. The van der Waals surface area contributed by atoms with E-state index in [-0.39, 0.29) is 17.8 Å². The Morgan fingerprint density at radius 1 is 1.48 bits per heavy atom. The Kier molecular flexibility index (Phi) is 3.87. The summed E-state index contributed by atoms with van der Waals surface area (Å²) in [6.45, 7) is 9.92. The molecule has 4 nitrogen and oxygen atoms in total. The summed E-state index contributed by atoms with van der Waals surface area (Å²) in [5.41, 5.74) is 0.601. The highest BCUT2D eigenvalue weighted by Gasteiger charge is 2.62. The van der Waals surface area contributed by atoms with Gasteiger partial charge in [-0.15, -0.1) is 0 Å². The molecule has 0 unspecified atom stereocenters. The Morgan fingerprint density at radius 3 is 2.83 bits per heavy atom. The molecule has 1 N–H and O–H groups in total. The van der Waals surface area contributed by atoms with Crippen molar-refractivity contribution in [1.82, 2.24) is 0 Å². The Hall–Kier alpha value is -1.29. The van der Waals surface area contributed by atoms with E-state index in [9.17, 15) is 9.90 Å². The van der Waals surface area contributed by atoms with Crippen LogP contribution in [-0.4, -0.2) is 16.7 Å². The van der Waals surface area contributed by atoms with Crippen LogP contribution in [-0.2, 0) is 16.0 Å². The number of carbonyl (C=O) groups is 1. The molecular formula is C19H28O4. The maximum absolute atomic E-state index is 12.3. The smallest absolute Gasteiger partial charge is 0.309 e. The lowest BCUT2D eigenvalue weighted by Gasteiger charge is -2.57. The first kappa shape index (κ1) is 16.6. The summed E-state index contributed by atoms with van der Waals surface area (Å²) in [4.78, 5) is 12.3. The first-order valence-electron chi connectivity index (χ1n) is 8.70. The lowest BCUT2D eigenvalue weighted by atomic mass is 9.51. The van der Waals surface area contributed by atoms with E-state index in [1.165, 1.54) is 0 Å².